The lowest BCUT2D eigenvalue weighted by Crippen LogP contribution is -2.03. The van der Waals surface area contributed by atoms with Gasteiger partial charge in [0.1, 0.15) is 0 Å². The average molecular weight is 250 g/mol. The third-order valence-electron chi connectivity index (χ3n) is 2.29. The van der Waals surface area contributed by atoms with E-state index in [1.807, 2.05) is 30.3 Å². The molecule has 0 saturated heterocycles. The van der Waals surface area contributed by atoms with Gasteiger partial charge in [0.05, 0.1) is 0 Å². The predicted molar refractivity (Wildman–Crippen MR) is 67.9 cm³/mol. The fourth-order valence-corrected chi connectivity index (χ4v) is 1.62. The van der Waals surface area contributed by atoms with Crippen LogP contribution in [0.4, 0.5) is 0 Å². The van der Waals surface area contributed by atoms with Crippen LogP contribution in [-0.2, 0) is 9.53 Å². The molecule has 0 N–H and O–H groups in total. The highest BCUT2D eigenvalue weighted by Gasteiger charge is 2.22. The number of cyclic esters (lactones) is 1. The zero-order chi connectivity index (χ0) is 12.1. The van der Waals surface area contributed by atoms with Crippen molar-refractivity contribution in [3.8, 4) is 0 Å². The van der Waals surface area contributed by atoms with E-state index in [1.165, 1.54) is 0 Å². The minimum absolute atomic E-state index is 0.348. The van der Waals surface area contributed by atoms with Crippen molar-refractivity contribution in [2.45, 2.75) is 12.8 Å². The molecule has 0 fully saturated rings. The molecule has 17 heavy (non-hydrogen) atoms. The van der Waals surface area contributed by atoms with Gasteiger partial charge in [-0.15, -0.1) is 11.6 Å². The molecule has 0 aromatic heterocycles. The Balaban J connectivity index is 2.13. The second-order valence-corrected chi connectivity index (χ2v) is 4.01. The van der Waals surface area contributed by atoms with Gasteiger partial charge in [-0.05, 0) is 18.1 Å². The SMILES string of the molecule is O=C1OC(CCCCl)=N/C1=C\c1ccccc1. The standard InChI is InChI=1S/C13H12ClNO2/c14-8-4-7-12-15-11(13(16)17-12)9-10-5-2-1-3-6-10/h1-3,5-6,9H,4,7-8H2/b11-9-. The summed E-state index contributed by atoms with van der Waals surface area (Å²) in [5, 5.41) is 0. The lowest BCUT2D eigenvalue weighted by atomic mass is 10.2. The number of ether oxygens (including phenoxy) is 1. The third-order valence-corrected chi connectivity index (χ3v) is 2.56. The molecule has 1 aromatic rings. The van der Waals surface area contributed by atoms with E-state index in [0.29, 0.717) is 23.9 Å². The molecule has 1 aromatic carbocycles. The van der Waals surface area contributed by atoms with Crippen molar-refractivity contribution in [2.24, 2.45) is 4.99 Å². The van der Waals surface area contributed by atoms with Crippen molar-refractivity contribution < 1.29 is 9.53 Å². The number of hydrogen-bond donors (Lipinski definition) is 0. The minimum atomic E-state index is -0.390. The number of hydrogen-bond acceptors (Lipinski definition) is 3. The third kappa shape index (κ3) is 3.17. The molecule has 2 rings (SSSR count). The molecule has 0 saturated carbocycles. The molecule has 0 bridgehead atoms. The maximum absolute atomic E-state index is 11.5. The summed E-state index contributed by atoms with van der Waals surface area (Å²) < 4.78 is 5.03. The molecular weight excluding hydrogens is 238 g/mol. The summed E-state index contributed by atoms with van der Waals surface area (Å²) in [7, 11) is 0. The molecule has 1 heterocycles. The Morgan fingerprint density at radius 1 is 1.29 bits per heavy atom. The van der Waals surface area contributed by atoms with Crippen molar-refractivity contribution in [2.75, 3.05) is 5.88 Å². The Morgan fingerprint density at radius 3 is 2.76 bits per heavy atom. The first kappa shape index (κ1) is 11.9. The molecule has 0 radical (unpaired) electrons. The zero-order valence-electron chi connectivity index (χ0n) is 9.23. The van der Waals surface area contributed by atoms with Gasteiger partial charge >= 0.3 is 5.97 Å². The predicted octanol–water partition coefficient (Wildman–Crippen LogP) is 3.00. The topological polar surface area (TPSA) is 38.7 Å². The molecule has 4 heteroatoms. The summed E-state index contributed by atoms with van der Waals surface area (Å²) in [6, 6.07) is 9.55. The second-order valence-electron chi connectivity index (χ2n) is 3.63. The minimum Gasteiger partial charge on any atom is -0.407 e. The number of carbonyl (C=O) groups excluding carboxylic acids is 1. The van der Waals surface area contributed by atoms with E-state index in [2.05, 4.69) is 4.99 Å². The largest absolute Gasteiger partial charge is 0.407 e. The van der Waals surface area contributed by atoms with E-state index >= 15 is 0 Å². The van der Waals surface area contributed by atoms with Crippen LogP contribution in [0.1, 0.15) is 18.4 Å². The van der Waals surface area contributed by atoms with Crippen LogP contribution < -0.4 is 0 Å². The number of esters is 1. The number of aliphatic imine (C=N–C) groups is 1. The Hall–Kier alpha value is -1.61. The summed E-state index contributed by atoms with van der Waals surface area (Å²) in [6.07, 6.45) is 3.07. The molecule has 88 valence electrons. The lowest BCUT2D eigenvalue weighted by Gasteiger charge is -1.94. The first-order valence-electron chi connectivity index (χ1n) is 5.42. The normalized spacial score (nSPS) is 17.1. The van der Waals surface area contributed by atoms with Gasteiger partial charge in [-0.3, -0.25) is 0 Å². The molecule has 0 aliphatic carbocycles. The fraction of sp³-hybridized carbons (Fsp3) is 0.231. The lowest BCUT2D eigenvalue weighted by molar-refractivity contribution is -0.130. The zero-order valence-corrected chi connectivity index (χ0v) is 9.98. The van der Waals surface area contributed by atoms with E-state index in [-0.39, 0.29) is 0 Å². The van der Waals surface area contributed by atoms with Gasteiger partial charge in [-0.1, -0.05) is 30.3 Å². The Morgan fingerprint density at radius 2 is 2.06 bits per heavy atom. The summed E-state index contributed by atoms with van der Waals surface area (Å²) in [4.78, 5) is 15.7. The molecule has 0 spiro atoms. The van der Waals surface area contributed by atoms with Gasteiger partial charge in [-0.25, -0.2) is 9.79 Å². The smallest absolute Gasteiger partial charge is 0.363 e. The quantitative estimate of drug-likeness (QED) is 0.467. The van der Waals surface area contributed by atoms with Crippen LogP contribution in [0.5, 0.6) is 0 Å². The monoisotopic (exact) mass is 249 g/mol. The summed E-state index contributed by atoms with van der Waals surface area (Å²) in [5.74, 6) is 0.602. The molecule has 1 aliphatic heterocycles. The van der Waals surface area contributed by atoms with Crippen molar-refractivity contribution in [3.05, 3.63) is 41.6 Å². The van der Waals surface area contributed by atoms with Crippen LogP contribution in [0.2, 0.25) is 0 Å². The highest BCUT2D eigenvalue weighted by Crippen LogP contribution is 2.17. The van der Waals surface area contributed by atoms with E-state index in [4.69, 9.17) is 16.3 Å². The second kappa shape index (κ2) is 5.64. The van der Waals surface area contributed by atoms with Crippen molar-refractivity contribution in [1.82, 2.24) is 0 Å². The van der Waals surface area contributed by atoms with E-state index < -0.39 is 5.97 Å². The van der Waals surface area contributed by atoms with Gasteiger partial charge < -0.3 is 4.74 Å². The molecule has 0 unspecified atom stereocenters. The number of rotatable bonds is 4. The average Bonchev–Trinajstić information content (AvgIpc) is 2.69. The first-order valence-corrected chi connectivity index (χ1v) is 5.95. The highest BCUT2D eigenvalue weighted by molar-refractivity contribution is 6.18. The van der Waals surface area contributed by atoms with Gasteiger partial charge in [0.25, 0.3) is 0 Å². The maximum Gasteiger partial charge on any atom is 0.363 e. The van der Waals surface area contributed by atoms with Crippen LogP contribution in [0.3, 0.4) is 0 Å². The Labute approximate surface area is 105 Å². The van der Waals surface area contributed by atoms with Crippen LogP contribution in [-0.4, -0.2) is 17.7 Å². The number of alkyl halides is 1. The molecule has 1 aliphatic rings. The van der Waals surface area contributed by atoms with Gasteiger partial charge in [0.15, 0.2) is 11.6 Å². The van der Waals surface area contributed by atoms with Gasteiger partial charge in [0.2, 0.25) is 0 Å². The number of nitrogens with zero attached hydrogens (tertiary/aromatic N) is 1. The van der Waals surface area contributed by atoms with Crippen LogP contribution in [0.15, 0.2) is 41.0 Å². The summed E-state index contributed by atoms with van der Waals surface area (Å²) in [5.41, 5.74) is 1.28. The Kier molecular flexibility index (Phi) is 3.94. The summed E-state index contributed by atoms with van der Waals surface area (Å²) in [6.45, 7) is 0. The van der Waals surface area contributed by atoms with E-state index in [9.17, 15) is 4.79 Å². The van der Waals surface area contributed by atoms with Crippen LogP contribution >= 0.6 is 11.6 Å². The highest BCUT2D eigenvalue weighted by atomic mass is 35.5. The maximum atomic E-state index is 11.5. The number of benzene rings is 1. The molecular formula is C13H12ClNO2. The molecule has 0 atom stereocenters. The fourth-order valence-electron chi connectivity index (χ4n) is 1.49. The first-order chi connectivity index (χ1) is 8.29. The summed E-state index contributed by atoms with van der Waals surface area (Å²) >= 11 is 5.57. The van der Waals surface area contributed by atoms with Crippen LogP contribution in [0.25, 0.3) is 6.08 Å². The van der Waals surface area contributed by atoms with Crippen molar-refractivity contribution in [1.29, 1.82) is 0 Å². The van der Waals surface area contributed by atoms with E-state index in [1.54, 1.807) is 6.08 Å². The van der Waals surface area contributed by atoms with E-state index in [0.717, 1.165) is 12.0 Å². The number of carbonyl (C=O) groups is 1. The molecule has 0 amide bonds. The van der Waals surface area contributed by atoms with Crippen LogP contribution in [0, 0.1) is 0 Å². The van der Waals surface area contributed by atoms with Gasteiger partial charge in [-0.2, -0.15) is 0 Å². The molecule has 3 nitrogen and oxygen atoms in total. The van der Waals surface area contributed by atoms with Crippen molar-refractivity contribution >= 4 is 29.5 Å². The number of halogens is 1. The van der Waals surface area contributed by atoms with Gasteiger partial charge in [0, 0.05) is 12.3 Å². The van der Waals surface area contributed by atoms with Crippen molar-refractivity contribution in [3.63, 3.8) is 0 Å². The Bertz CT molecular complexity index is 466.